The molecule has 0 heterocycles. The summed E-state index contributed by atoms with van der Waals surface area (Å²) in [6.45, 7) is 6.04. The molecule has 19 heavy (non-hydrogen) atoms. The molecule has 1 amide bonds. The summed E-state index contributed by atoms with van der Waals surface area (Å²) in [4.78, 5) is 23.0. The van der Waals surface area contributed by atoms with Crippen LogP contribution in [-0.4, -0.2) is 25.0 Å². The van der Waals surface area contributed by atoms with Gasteiger partial charge in [-0.1, -0.05) is 22.5 Å². The molecule has 5 heteroatoms. The van der Waals surface area contributed by atoms with Crippen molar-refractivity contribution in [2.75, 3.05) is 13.2 Å². The highest BCUT2D eigenvalue weighted by Gasteiger charge is 2.09. The Bertz CT molecular complexity index is 468. The smallest absolute Gasteiger partial charge is 0.333 e. The number of nitrogens with one attached hydrogen (secondary N) is 1. The minimum Gasteiger partial charge on any atom is -0.463 e. The molecule has 0 saturated heterocycles. The molecule has 0 fully saturated rings. The van der Waals surface area contributed by atoms with Crippen LogP contribution in [0.5, 0.6) is 0 Å². The average Bonchev–Trinajstić information content (AvgIpc) is 2.39. The molecule has 0 radical (unpaired) electrons. The molecule has 1 aromatic rings. The van der Waals surface area contributed by atoms with Crippen molar-refractivity contribution in [1.82, 2.24) is 5.32 Å². The maximum absolute atomic E-state index is 11.8. The molecule has 0 aliphatic heterocycles. The number of esters is 1. The maximum Gasteiger partial charge on any atom is 0.333 e. The number of benzene rings is 1. The topological polar surface area (TPSA) is 55.4 Å². The number of amides is 1. The Hall–Kier alpha value is -1.62. The van der Waals surface area contributed by atoms with Crippen molar-refractivity contribution < 1.29 is 14.3 Å². The molecule has 0 unspecified atom stereocenters. The molecule has 1 aromatic carbocycles. The zero-order chi connectivity index (χ0) is 14.3. The van der Waals surface area contributed by atoms with Crippen LogP contribution in [0.25, 0.3) is 0 Å². The fraction of sp³-hybridized carbons (Fsp3) is 0.286. The third-order valence-electron chi connectivity index (χ3n) is 2.38. The molecular formula is C14H16BrNO3. The van der Waals surface area contributed by atoms with Gasteiger partial charge in [-0.2, -0.15) is 0 Å². The normalized spacial score (nSPS) is 9.79. The minimum atomic E-state index is -0.416. The third kappa shape index (κ3) is 5.26. The van der Waals surface area contributed by atoms with Crippen molar-refractivity contribution in [2.24, 2.45) is 0 Å². The Morgan fingerprint density at radius 2 is 1.95 bits per heavy atom. The molecular weight excluding hydrogens is 310 g/mol. The largest absolute Gasteiger partial charge is 0.463 e. The van der Waals surface area contributed by atoms with Gasteiger partial charge < -0.3 is 10.1 Å². The summed E-state index contributed by atoms with van der Waals surface area (Å²) in [5.41, 5.74) is 0.933. The van der Waals surface area contributed by atoms with Gasteiger partial charge in [-0.25, -0.2) is 4.79 Å². The lowest BCUT2D eigenvalue weighted by molar-refractivity contribution is -0.138. The molecule has 0 atom stereocenters. The van der Waals surface area contributed by atoms with E-state index in [2.05, 4.69) is 27.8 Å². The second kappa shape index (κ2) is 7.74. The zero-order valence-electron chi connectivity index (χ0n) is 10.7. The molecule has 0 aliphatic rings. The molecule has 0 aromatic heterocycles. The molecule has 4 nitrogen and oxygen atoms in total. The maximum atomic E-state index is 11.8. The molecule has 1 rings (SSSR count). The Morgan fingerprint density at radius 1 is 1.32 bits per heavy atom. The fourth-order valence-corrected chi connectivity index (χ4v) is 1.63. The highest BCUT2D eigenvalue weighted by molar-refractivity contribution is 9.10. The number of ether oxygens (including phenoxy) is 1. The summed E-state index contributed by atoms with van der Waals surface area (Å²) >= 11 is 3.30. The molecule has 1 N–H and O–H groups in total. The van der Waals surface area contributed by atoms with Gasteiger partial charge in [-0.05, 0) is 37.6 Å². The van der Waals surface area contributed by atoms with E-state index in [9.17, 15) is 9.59 Å². The van der Waals surface area contributed by atoms with Gasteiger partial charge in [0.05, 0.1) is 6.61 Å². The molecule has 0 aliphatic carbocycles. The second-order valence-corrected chi connectivity index (χ2v) is 4.75. The average molecular weight is 326 g/mol. The predicted octanol–water partition coefficient (Wildman–Crippen LogP) is 2.69. The monoisotopic (exact) mass is 325 g/mol. The number of hydrogen-bond donors (Lipinski definition) is 1. The van der Waals surface area contributed by atoms with Gasteiger partial charge in [0.1, 0.15) is 0 Å². The van der Waals surface area contributed by atoms with Crippen LogP contribution in [0.2, 0.25) is 0 Å². The van der Waals surface area contributed by atoms with Gasteiger partial charge in [0.2, 0.25) is 0 Å². The Morgan fingerprint density at radius 3 is 2.53 bits per heavy atom. The highest BCUT2D eigenvalue weighted by atomic mass is 79.9. The van der Waals surface area contributed by atoms with Gasteiger partial charge in [-0.15, -0.1) is 0 Å². The van der Waals surface area contributed by atoms with Crippen LogP contribution in [0.1, 0.15) is 23.7 Å². The Kier molecular flexibility index (Phi) is 6.29. The molecule has 0 bridgehead atoms. The lowest BCUT2D eigenvalue weighted by Crippen LogP contribution is -2.25. The van der Waals surface area contributed by atoms with Gasteiger partial charge in [0, 0.05) is 22.2 Å². The Labute approximate surface area is 121 Å². The SMILES string of the molecule is C=C(CCNC(=O)c1ccc(Br)cc1)C(=O)OCC. The number of halogens is 1. The van der Waals surface area contributed by atoms with Crippen LogP contribution in [-0.2, 0) is 9.53 Å². The predicted molar refractivity (Wildman–Crippen MR) is 76.9 cm³/mol. The quantitative estimate of drug-likeness (QED) is 0.646. The van der Waals surface area contributed by atoms with Crippen molar-refractivity contribution in [2.45, 2.75) is 13.3 Å². The standard InChI is InChI=1S/C14H16BrNO3/c1-3-19-14(18)10(2)8-9-16-13(17)11-4-6-12(15)7-5-11/h4-7H,2-3,8-9H2,1H3,(H,16,17). The summed E-state index contributed by atoms with van der Waals surface area (Å²) in [5.74, 6) is -0.593. The van der Waals surface area contributed by atoms with E-state index in [1.54, 1.807) is 31.2 Å². The van der Waals surface area contributed by atoms with Crippen molar-refractivity contribution in [3.05, 3.63) is 46.5 Å². The number of carbonyl (C=O) groups excluding carboxylic acids is 2. The van der Waals surface area contributed by atoms with E-state index < -0.39 is 5.97 Å². The first-order valence-corrected chi connectivity index (χ1v) is 6.72. The second-order valence-electron chi connectivity index (χ2n) is 3.84. The van der Waals surface area contributed by atoms with E-state index in [4.69, 9.17) is 4.74 Å². The van der Waals surface area contributed by atoms with Crippen LogP contribution in [0, 0.1) is 0 Å². The highest BCUT2D eigenvalue weighted by Crippen LogP contribution is 2.10. The lowest BCUT2D eigenvalue weighted by Gasteiger charge is -2.07. The Balaban J connectivity index is 2.37. The zero-order valence-corrected chi connectivity index (χ0v) is 12.3. The van der Waals surface area contributed by atoms with Gasteiger partial charge in [0.15, 0.2) is 0 Å². The first kappa shape index (κ1) is 15.4. The first-order valence-electron chi connectivity index (χ1n) is 5.93. The van der Waals surface area contributed by atoms with E-state index in [0.717, 1.165) is 4.47 Å². The summed E-state index contributed by atoms with van der Waals surface area (Å²) in [5, 5.41) is 2.72. The van der Waals surface area contributed by atoms with Crippen molar-refractivity contribution in [3.63, 3.8) is 0 Å². The van der Waals surface area contributed by atoms with Crippen molar-refractivity contribution in [1.29, 1.82) is 0 Å². The van der Waals surface area contributed by atoms with Gasteiger partial charge in [-0.3, -0.25) is 4.79 Å². The minimum absolute atomic E-state index is 0.177. The fourth-order valence-electron chi connectivity index (χ4n) is 1.37. The molecule has 102 valence electrons. The summed E-state index contributed by atoms with van der Waals surface area (Å²) in [7, 11) is 0. The molecule has 0 saturated carbocycles. The number of hydrogen-bond acceptors (Lipinski definition) is 3. The van der Waals surface area contributed by atoms with Crippen LogP contribution in [0.4, 0.5) is 0 Å². The van der Waals surface area contributed by atoms with Crippen LogP contribution in [0.15, 0.2) is 40.9 Å². The summed E-state index contributed by atoms with van der Waals surface area (Å²) in [6, 6.07) is 7.04. The number of rotatable bonds is 6. The van der Waals surface area contributed by atoms with Crippen LogP contribution >= 0.6 is 15.9 Å². The summed E-state index contributed by atoms with van der Waals surface area (Å²) in [6.07, 6.45) is 0.376. The van der Waals surface area contributed by atoms with Crippen molar-refractivity contribution >= 4 is 27.8 Å². The first-order chi connectivity index (χ1) is 9.04. The number of carbonyl (C=O) groups is 2. The van der Waals surface area contributed by atoms with E-state index in [1.165, 1.54) is 0 Å². The molecule has 0 spiro atoms. The van der Waals surface area contributed by atoms with Crippen LogP contribution in [0.3, 0.4) is 0 Å². The lowest BCUT2D eigenvalue weighted by atomic mass is 10.2. The van der Waals surface area contributed by atoms with E-state index in [1.807, 2.05) is 0 Å². The van der Waals surface area contributed by atoms with E-state index >= 15 is 0 Å². The third-order valence-corrected chi connectivity index (χ3v) is 2.91. The van der Waals surface area contributed by atoms with Gasteiger partial charge in [0.25, 0.3) is 5.91 Å². The van der Waals surface area contributed by atoms with E-state index in [-0.39, 0.29) is 5.91 Å². The van der Waals surface area contributed by atoms with E-state index in [0.29, 0.717) is 30.7 Å². The van der Waals surface area contributed by atoms with Crippen molar-refractivity contribution in [3.8, 4) is 0 Å². The summed E-state index contributed by atoms with van der Waals surface area (Å²) < 4.78 is 5.72. The van der Waals surface area contributed by atoms with Crippen LogP contribution < -0.4 is 5.32 Å². The van der Waals surface area contributed by atoms with Gasteiger partial charge >= 0.3 is 5.97 Å².